The number of nitrogens with zero attached hydrogens (tertiary/aromatic N) is 2. The van der Waals surface area contributed by atoms with Crippen molar-refractivity contribution in [2.24, 2.45) is 0 Å². The molecule has 0 aliphatic carbocycles. The summed E-state index contributed by atoms with van der Waals surface area (Å²) >= 11 is 0. The number of pyridine rings is 1. The van der Waals surface area contributed by atoms with E-state index in [2.05, 4.69) is 0 Å². The molecular formula is C13H8N2O3. The molecule has 5 nitrogen and oxygen atoms in total. The van der Waals surface area contributed by atoms with E-state index in [1.807, 2.05) is 6.07 Å². The molecule has 0 saturated carbocycles. The molecule has 0 spiro atoms. The van der Waals surface area contributed by atoms with Crippen LogP contribution in [-0.2, 0) is 0 Å². The third kappa shape index (κ3) is 2.13. The van der Waals surface area contributed by atoms with E-state index in [1.165, 1.54) is 22.9 Å². The third-order valence-electron chi connectivity index (χ3n) is 2.43. The first-order valence-electron chi connectivity index (χ1n) is 5.08. The van der Waals surface area contributed by atoms with Crippen molar-refractivity contribution in [2.75, 3.05) is 0 Å². The second-order valence-corrected chi connectivity index (χ2v) is 3.59. The van der Waals surface area contributed by atoms with Gasteiger partial charge in [0.15, 0.2) is 0 Å². The van der Waals surface area contributed by atoms with Gasteiger partial charge in [-0.3, -0.25) is 9.36 Å². The second kappa shape index (κ2) is 4.55. The first-order chi connectivity index (χ1) is 8.61. The number of benzene rings is 1. The molecule has 2 rings (SSSR count). The first-order valence-corrected chi connectivity index (χ1v) is 5.08. The molecule has 0 aliphatic rings. The molecule has 0 atom stereocenters. The Morgan fingerprint density at radius 3 is 2.39 bits per heavy atom. The number of carboxylic acids is 1. The fourth-order valence-electron chi connectivity index (χ4n) is 1.51. The van der Waals surface area contributed by atoms with Crippen LogP contribution in [0.5, 0.6) is 0 Å². The number of carboxylic acid groups (broad SMARTS) is 1. The summed E-state index contributed by atoms with van der Waals surface area (Å²) in [6.45, 7) is 0. The summed E-state index contributed by atoms with van der Waals surface area (Å²) in [5.74, 6) is -1.10. The molecule has 2 aromatic rings. The van der Waals surface area contributed by atoms with Gasteiger partial charge in [-0.25, -0.2) is 4.79 Å². The fourth-order valence-corrected chi connectivity index (χ4v) is 1.51. The number of hydrogen-bond acceptors (Lipinski definition) is 3. The van der Waals surface area contributed by atoms with Crippen molar-refractivity contribution in [3.05, 3.63) is 64.1 Å². The van der Waals surface area contributed by atoms with E-state index in [-0.39, 0.29) is 11.1 Å². The molecule has 0 radical (unpaired) electrons. The Bertz CT molecular complexity index is 693. The maximum atomic E-state index is 11.7. The Hall–Kier alpha value is -2.87. The van der Waals surface area contributed by atoms with Crippen LogP contribution < -0.4 is 5.56 Å². The van der Waals surface area contributed by atoms with Crippen LogP contribution in [0.2, 0.25) is 0 Å². The highest BCUT2D eigenvalue weighted by Gasteiger charge is 2.06. The van der Waals surface area contributed by atoms with Gasteiger partial charge in [0.1, 0.15) is 0 Å². The average molecular weight is 240 g/mol. The van der Waals surface area contributed by atoms with Crippen molar-refractivity contribution in [3.63, 3.8) is 0 Å². The van der Waals surface area contributed by atoms with Gasteiger partial charge in [0.2, 0.25) is 0 Å². The lowest BCUT2D eigenvalue weighted by Gasteiger charge is -2.06. The van der Waals surface area contributed by atoms with Crippen molar-refractivity contribution in [1.82, 2.24) is 4.57 Å². The van der Waals surface area contributed by atoms with E-state index in [9.17, 15) is 9.59 Å². The van der Waals surface area contributed by atoms with Crippen LogP contribution >= 0.6 is 0 Å². The summed E-state index contributed by atoms with van der Waals surface area (Å²) in [6.07, 6.45) is 1.26. The lowest BCUT2D eigenvalue weighted by Crippen LogP contribution is -2.18. The van der Waals surface area contributed by atoms with Crippen LogP contribution in [0.1, 0.15) is 15.9 Å². The normalized spacial score (nSPS) is 9.72. The van der Waals surface area contributed by atoms with Crippen molar-refractivity contribution in [3.8, 4) is 11.8 Å². The first kappa shape index (κ1) is 11.6. The molecule has 1 heterocycles. The highest BCUT2D eigenvalue weighted by Crippen LogP contribution is 2.08. The molecular weight excluding hydrogens is 232 g/mol. The Balaban J connectivity index is 2.56. The molecule has 0 saturated heterocycles. The van der Waals surface area contributed by atoms with E-state index in [4.69, 9.17) is 10.4 Å². The molecule has 1 aromatic heterocycles. The van der Waals surface area contributed by atoms with Gasteiger partial charge < -0.3 is 5.11 Å². The second-order valence-electron chi connectivity index (χ2n) is 3.59. The summed E-state index contributed by atoms with van der Waals surface area (Å²) < 4.78 is 1.23. The summed E-state index contributed by atoms with van der Waals surface area (Å²) in [5.41, 5.74) is 0.687. The van der Waals surface area contributed by atoms with E-state index < -0.39 is 5.97 Å². The Morgan fingerprint density at radius 2 is 1.83 bits per heavy atom. The largest absolute Gasteiger partial charge is 0.478 e. The third-order valence-corrected chi connectivity index (χ3v) is 2.43. The lowest BCUT2D eigenvalue weighted by atomic mass is 10.2. The minimum atomic E-state index is -1.10. The van der Waals surface area contributed by atoms with Gasteiger partial charge >= 0.3 is 5.97 Å². The van der Waals surface area contributed by atoms with E-state index in [0.29, 0.717) is 11.3 Å². The maximum Gasteiger partial charge on any atom is 0.337 e. The summed E-state index contributed by atoms with van der Waals surface area (Å²) in [4.78, 5) is 22.5. The maximum absolute atomic E-state index is 11.7. The van der Waals surface area contributed by atoms with Crippen molar-refractivity contribution >= 4 is 5.97 Å². The van der Waals surface area contributed by atoms with Gasteiger partial charge in [0.05, 0.1) is 17.2 Å². The van der Waals surface area contributed by atoms with E-state index >= 15 is 0 Å². The number of hydrogen-bond donors (Lipinski definition) is 1. The SMILES string of the molecule is N#Cc1ccc(-n2cc(C(=O)O)ccc2=O)cc1. The summed E-state index contributed by atoms with van der Waals surface area (Å²) in [7, 11) is 0. The van der Waals surface area contributed by atoms with Crippen molar-refractivity contribution < 1.29 is 9.90 Å². The molecule has 1 N–H and O–H groups in total. The number of aromatic carboxylic acids is 1. The number of carbonyl (C=O) groups is 1. The standard InChI is InChI=1S/C13H8N2O3/c14-7-9-1-4-11(5-2-9)15-8-10(13(17)18)3-6-12(15)16/h1-6,8H,(H,17,18). The predicted molar refractivity (Wildman–Crippen MR) is 63.7 cm³/mol. The minimum Gasteiger partial charge on any atom is -0.478 e. The van der Waals surface area contributed by atoms with Crippen LogP contribution in [-0.4, -0.2) is 15.6 Å². The quantitative estimate of drug-likeness (QED) is 0.860. The molecule has 0 aliphatic heterocycles. The van der Waals surface area contributed by atoms with Gasteiger partial charge in [-0.2, -0.15) is 5.26 Å². The van der Waals surface area contributed by atoms with E-state index in [1.54, 1.807) is 24.3 Å². The van der Waals surface area contributed by atoms with Gasteiger partial charge in [-0.1, -0.05) is 0 Å². The molecule has 0 fully saturated rings. The van der Waals surface area contributed by atoms with Crippen molar-refractivity contribution in [1.29, 1.82) is 5.26 Å². The Kier molecular flexibility index (Phi) is 2.94. The zero-order valence-corrected chi connectivity index (χ0v) is 9.20. The van der Waals surface area contributed by atoms with Crippen LogP contribution in [0.25, 0.3) is 5.69 Å². The topological polar surface area (TPSA) is 83.1 Å². The van der Waals surface area contributed by atoms with Gasteiger partial charge in [0, 0.05) is 18.0 Å². The fraction of sp³-hybridized carbons (Fsp3) is 0. The smallest absolute Gasteiger partial charge is 0.337 e. The van der Waals surface area contributed by atoms with Crippen LogP contribution in [0.15, 0.2) is 47.4 Å². The minimum absolute atomic E-state index is 0.0268. The zero-order chi connectivity index (χ0) is 13.1. The average Bonchev–Trinajstić information content (AvgIpc) is 2.39. The number of nitriles is 1. The lowest BCUT2D eigenvalue weighted by molar-refractivity contribution is 0.0696. The van der Waals surface area contributed by atoms with Crippen LogP contribution in [0.4, 0.5) is 0 Å². The molecule has 5 heteroatoms. The molecule has 0 bridgehead atoms. The number of rotatable bonds is 2. The molecule has 0 unspecified atom stereocenters. The van der Waals surface area contributed by atoms with Crippen molar-refractivity contribution in [2.45, 2.75) is 0 Å². The predicted octanol–water partition coefficient (Wildman–Crippen LogP) is 1.41. The molecule has 0 amide bonds. The monoisotopic (exact) mass is 240 g/mol. The van der Waals surface area contributed by atoms with Gasteiger partial charge in [-0.15, -0.1) is 0 Å². The highest BCUT2D eigenvalue weighted by atomic mass is 16.4. The van der Waals surface area contributed by atoms with Gasteiger partial charge in [-0.05, 0) is 30.3 Å². The zero-order valence-electron chi connectivity index (χ0n) is 9.20. The Labute approximate surface area is 102 Å². The molecule has 88 valence electrons. The highest BCUT2D eigenvalue weighted by molar-refractivity contribution is 5.87. The number of aromatic nitrogens is 1. The molecule has 1 aromatic carbocycles. The van der Waals surface area contributed by atoms with Gasteiger partial charge in [0.25, 0.3) is 5.56 Å². The Morgan fingerprint density at radius 1 is 1.17 bits per heavy atom. The summed E-state index contributed by atoms with van der Waals surface area (Å²) in [5, 5.41) is 17.5. The van der Waals surface area contributed by atoms with E-state index in [0.717, 1.165) is 0 Å². The summed E-state index contributed by atoms with van der Waals surface area (Å²) in [6, 6.07) is 10.7. The van der Waals surface area contributed by atoms with Crippen LogP contribution in [0.3, 0.4) is 0 Å². The van der Waals surface area contributed by atoms with Crippen LogP contribution in [0, 0.1) is 11.3 Å². The molecule has 18 heavy (non-hydrogen) atoms.